The average molecular weight is 285 g/mol. The summed E-state index contributed by atoms with van der Waals surface area (Å²) >= 11 is 0. The van der Waals surface area contributed by atoms with E-state index in [9.17, 15) is 8.42 Å². The second-order valence-electron chi connectivity index (χ2n) is 5.20. The molecule has 2 aliphatic heterocycles. The molecule has 1 aromatic heterocycles. The molecule has 0 N–H and O–H groups in total. The Morgan fingerprint density at radius 1 is 1.32 bits per heavy atom. The maximum atomic E-state index is 12.5. The fraction of sp³-hybridized carbons (Fsp3) is 0.692. The van der Waals surface area contributed by atoms with Crippen molar-refractivity contribution < 1.29 is 17.6 Å². The highest BCUT2D eigenvalue weighted by molar-refractivity contribution is 7.89. The Hall–Kier alpha value is -0.850. The summed E-state index contributed by atoms with van der Waals surface area (Å²) in [5, 5.41) is 0. The first-order valence-corrected chi connectivity index (χ1v) is 8.42. The van der Waals surface area contributed by atoms with Crippen LogP contribution in [0.2, 0.25) is 0 Å². The van der Waals surface area contributed by atoms with Crippen LogP contribution in [0.25, 0.3) is 0 Å². The average Bonchev–Trinajstić information content (AvgIpc) is 3.11. The molecule has 0 aromatic carbocycles. The van der Waals surface area contributed by atoms with Gasteiger partial charge in [-0.1, -0.05) is 0 Å². The maximum absolute atomic E-state index is 12.5. The van der Waals surface area contributed by atoms with E-state index in [1.807, 2.05) is 6.07 Å². The summed E-state index contributed by atoms with van der Waals surface area (Å²) in [5.41, 5.74) is 0. The van der Waals surface area contributed by atoms with Gasteiger partial charge in [0, 0.05) is 13.2 Å². The summed E-state index contributed by atoms with van der Waals surface area (Å²) in [4.78, 5) is 0. The van der Waals surface area contributed by atoms with Crippen molar-refractivity contribution in [3.05, 3.63) is 24.2 Å². The lowest BCUT2D eigenvalue weighted by Crippen LogP contribution is -2.36. The zero-order valence-corrected chi connectivity index (χ0v) is 11.6. The minimum atomic E-state index is -3.27. The van der Waals surface area contributed by atoms with Gasteiger partial charge in [0.15, 0.2) is 0 Å². The van der Waals surface area contributed by atoms with Crippen LogP contribution in [0.1, 0.15) is 37.5 Å². The fourth-order valence-corrected chi connectivity index (χ4v) is 4.87. The molecule has 0 bridgehead atoms. The summed E-state index contributed by atoms with van der Waals surface area (Å²) in [6, 6.07) is 3.52. The number of furan rings is 1. The van der Waals surface area contributed by atoms with Gasteiger partial charge in [-0.2, -0.15) is 4.31 Å². The molecule has 0 unspecified atom stereocenters. The smallest absolute Gasteiger partial charge is 0.217 e. The van der Waals surface area contributed by atoms with E-state index in [1.165, 1.54) is 0 Å². The zero-order valence-electron chi connectivity index (χ0n) is 10.8. The second kappa shape index (κ2) is 5.26. The predicted molar refractivity (Wildman–Crippen MR) is 70.1 cm³/mol. The summed E-state index contributed by atoms with van der Waals surface area (Å²) in [6.45, 7) is 1.27. The second-order valence-corrected chi connectivity index (χ2v) is 7.16. The van der Waals surface area contributed by atoms with Gasteiger partial charge in [-0.25, -0.2) is 8.42 Å². The molecule has 1 aromatic rings. The van der Waals surface area contributed by atoms with E-state index in [0.717, 1.165) is 31.4 Å². The standard InChI is InChI=1S/C13H19NO4S/c15-19(16,10-11-4-2-8-17-11)14-7-1-5-12(14)13-6-3-9-18-13/h3,6,9,11-12H,1-2,4-5,7-8,10H2/t11-,12-/m1/s1. The van der Waals surface area contributed by atoms with Gasteiger partial charge < -0.3 is 9.15 Å². The largest absolute Gasteiger partial charge is 0.468 e. The summed E-state index contributed by atoms with van der Waals surface area (Å²) in [5.74, 6) is 0.845. The third kappa shape index (κ3) is 2.70. The Balaban J connectivity index is 1.75. The SMILES string of the molecule is O=S(=O)(C[C@H]1CCCO1)N1CCC[C@@H]1c1ccco1. The van der Waals surface area contributed by atoms with E-state index < -0.39 is 10.0 Å². The summed E-state index contributed by atoms with van der Waals surface area (Å²) in [7, 11) is -3.27. The van der Waals surface area contributed by atoms with Crippen LogP contribution in [0.15, 0.2) is 22.8 Å². The van der Waals surface area contributed by atoms with E-state index in [-0.39, 0.29) is 17.9 Å². The number of rotatable bonds is 4. The molecule has 0 saturated carbocycles. The van der Waals surface area contributed by atoms with Crippen LogP contribution < -0.4 is 0 Å². The molecule has 2 fully saturated rings. The van der Waals surface area contributed by atoms with Crippen molar-refractivity contribution in [2.45, 2.75) is 37.8 Å². The summed E-state index contributed by atoms with van der Waals surface area (Å²) < 4.78 is 37.4. The molecule has 106 valence electrons. The third-order valence-electron chi connectivity index (χ3n) is 3.85. The van der Waals surface area contributed by atoms with Gasteiger partial charge >= 0.3 is 0 Å². The van der Waals surface area contributed by atoms with Crippen LogP contribution in [0, 0.1) is 0 Å². The van der Waals surface area contributed by atoms with Crippen molar-refractivity contribution in [2.75, 3.05) is 18.9 Å². The number of hydrogen-bond donors (Lipinski definition) is 0. The molecule has 0 amide bonds. The molecule has 3 rings (SSSR count). The van der Waals surface area contributed by atoms with Gasteiger partial charge in [0.2, 0.25) is 10.0 Å². The predicted octanol–water partition coefficient (Wildman–Crippen LogP) is 1.93. The van der Waals surface area contributed by atoms with Crippen LogP contribution in [0.3, 0.4) is 0 Å². The molecule has 2 atom stereocenters. The van der Waals surface area contributed by atoms with Crippen LogP contribution in [0.5, 0.6) is 0 Å². The van der Waals surface area contributed by atoms with Crippen molar-refractivity contribution in [3.8, 4) is 0 Å². The van der Waals surface area contributed by atoms with Gasteiger partial charge in [0.1, 0.15) is 5.76 Å². The number of ether oxygens (including phenoxy) is 1. The number of hydrogen-bond acceptors (Lipinski definition) is 4. The molecule has 0 aliphatic carbocycles. The molecule has 6 heteroatoms. The van der Waals surface area contributed by atoms with Crippen molar-refractivity contribution in [1.29, 1.82) is 0 Å². The molecular formula is C13H19NO4S. The van der Waals surface area contributed by atoms with Gasteiger partial charge in [0.05, 0.1) is 24.2 Å². The van der Waals surface area contributed by atoms with E-state index in [4.69, 9.17) is 9.15 Å². The zero-order chi connectivity index (χ0) is 13.3. The molecule has 5 nitrogen and oxygen atoms in total. The van der Waals surface area contributed by atoms with E-state index >= 15 is 0 Å². The van der Waals surface area contributed by atoms with Crippen LogP contribution >= 0.6 is 0 Å². The molecular weight excluding hydrogens is 266 g/mol. The number of nitrogens with zero attached hydrogens (tertiary/aromatic N) is 1. The molecule has 0 spiro atoms. The maximum Gasteiger partial charge on any atom is 0.217 e. The summed E-state index contributed by atoms with van der Waals surface area (Å²) in [6.07, 6.45) is 4.98. The molecule has 19 heavy (non-hydrogen) atoms. The van der Waals surface area contributed by atoms with Crippen molar-refractivity contribution in [1.82, 2.24) is 4.31 Å². The molecule has 2 saturated heterocycles. The lowest BCUT2D eigenvalue weighted by Gasteiger charge is -2.24. The first-order valence-electron chi connectivity index (χ1n) is 6.81. The van der Waals surface area contributed by atoms with Gasteiger partial charge in [0.25, 0.3) is 0 Å². The minimum absolute atomic E-state index is 0.101. The van der Waals surface area contributed by atoms with Gasteiger partial charge in [-0.3, -0.25) is 0 Å². The highest BCUT2D eigenvalue weighted by Crippen LogP contribution is 2.35. The molecule has 2 aliphatic rings. The Bertz CT molecular complexity index is 505. The first-order chi connectivity index (χ1) is 9.17. The Kier molecular flexibility index (Phi) is 3.64. The Morgan fingerprint density at radius 2 is 2.21 bits per heavy atom. The van der Waals surface area contributed by atoms with Gasteiger partial charge in [-0.15, -0.1) is 0 Å². The van der Waals surface area contributed by atoms with E-state index in [2.05, 4.69) is 0 Å². The first kappa shape index (κ1) is 13.1. The van der Waals surface area contributed by atoms with Crippen LogP contribution in [0.4, 0.5) is 0 Å². The van der Waals surface area contributed by atoms with E-state index in [1.54, 1.807) is 16.6 Å². The van der Waals surface area contributed by atoms with Crippen molar-refractivity contribution in [3.63, 3.8) is 0 Å². The van der Waals surface area contributed by atoms with Gasteiger partial charge in [-0.05, 0) is 37.8 Å². The monoisotopic (exact) mass is 285 g/mol. The molecule has 0 radical (unpaired) electrons. The quantitative estimate of drug-likeness (QED) is 0.848. The van der Waals surface area contributed by atoms with E-state index in [0.29, 0.717) is 13.2 Å². The van der Waals surface area contributed by atoms with Crippen molar-refractivity contribution in [2.24, 2.45) is 0 Å². The number of sulfonamides is 1. The Morgan fingerprint density at radius 3 is 2.89 bits per heavy atom. The fourth-order valence-electron chi connectivity index (χ4n) is 2.94. The minimum Gasteiger partial charge on any atom is -0.468 e. The highest BCUT2D eigenvalue weighted by atomic mass is 32.2. The lowest BCUT2D eigenvalue weighted by atomic mass is 10.2. The van der Waals surface area contributed by atoms with Crippen molar-refractivity contribution >= 4 is 10.0 Å². The third-order valence-corrected chi connectivity index (χ3v) is 5.80. The normalized spacial score (nSPS) is 29.1. The Labute approximate surface area is 113 Å². The lowest BCUT2D eigenvalue weighted by molar-refractivity contribution is 0.126. The highest BCUT2D eigenvalue weighted by Gasteiger charge is 2.38. The van der Waals surface area contributed by atoms with Crippen LogP contribution in [-0.4, -0.2) is 37.7 Å². The topological polar surface area (TPSA) is 59.8 Å². The molecule has 3 heterocycles. The van der Waals surface area contributed by atoms with Crippen LogP contribution in [-0.2, 0) is 14.8 Å².